The molecular formula is C18H24N2O4S. The maximum atomic E-state index is 12.5. The number of hydrogen-bond donors (Lipinski definition) is 2. The molecule has 2 amide bonds. The van der Waals surface area contributed by atoms with Crippen LogP contribution in [0.1, 0.15) is 24.8 Å². The molecule has 2 aliphatic rings. The molecule has 6 nitrogen and oxygen atoms in total. The van der Waals surface area contributed by atoms with Crippen molar-refractivity contribution in [3.05, 3.63) is 35.9 Å². The maximum absolute atomic E-state index is 12.5. The van der Waals surface area contributed by atoms with E-state index >= 15 is 0 Å². The van der Waals surface area contributed by atoms with Crippen molar-refractivity contribution in [1.29, 1.82) is 0 Å². The minimum Gasteiger partial charge on any atom is -0.453 e. The van der Waals surface area contributed by atoms with Crippen molar-refractivity contribution >= 4 is 23.8 Å². The average Bonchev–Trinajstić information content (AvgIpc) is 3.04. The second kappa shape index (κ2) is 8.10. The molecule has 0 spiro atoms. The van der Waals surface area contributed by atoms with E-state index in [2.05, 4.69) is 5.32 Å². The third kappa shape index (κ3) is 4.10. The van der Waals surface area contributed by atoms with Gasteiger partial charge in [-0.25, -0.2) is 4.79 Å². The number of hydrogen-bond acceptors (Lipinski definition) is 5. The standard InChI is InChI=1S/C18H24N2O4S/c1-24-18(23)20(10-12-6-3-2-4-7-12)16-13-11-25-17(16)14(21)8-5-9-15(22)19-13/h2-4,6-7,13-14,16-17,21H,5,8-11H2,1H3,(H,19,22)/t13-,14-,16-,17-/m0/s1. The van der Waals surface area contributed by atoms with Gasteiger partial charge in [0.2, 0.25) is 5.91 Å². The van der Waals surface area contributed by atoms with Crippen LogP contribution in [-0.4, -0.2) is 58.3 Å². The summed E-state index contributed by atoms with van der Waals surface area (Å²) in [6, 6.07) is 9.20. The van der Waals surface area contributed by atoms with Crippen LogP contribution in [0, 0.1) is 0 Å². The van der Waals surface area contributed by atoms with Crippen LogP contribution in [0.5, 0.6) is 0 Å². The highest BCUT2D eigenvalue weighted by Gasteiger charge is 2.47. The highest BCUT2D eigenvalue weighted by Crippen LogP contribution is 2.36. The van der Waals surface area contributed by atoms with E-state index in [1.54, 1.807) is 16.7 Å². The summed E-state index contributed by atoms with van der Waals surface area (Å²) in [7, 11) is 1.36. The predicted molar refractivity (Wildman–Crippen MR) is 96.2 cm³/mol. The molecule has 0 aromatic heterocycles. The number of carbonyl (C=O) groups excluding carboxylic acids is 2. The Morgan fingerprint density at radius 1 is 1.40 bits per heavy atom. The molecule has 7 heteroatoms. The Bertz CT molecular complexity index is 612. The lowest BCUT2D eigenvalue weighted by Crippen LogP contribution is -2.56. The molecule has 2 heterocycles. The summed E-state index contributed by atoms with van der Waals surface area (Å²) in [4.78, 5) is 26.3. The number of methoxy groups -OCH3 is 1. The molecule has 2 bridgehead atoms. The van der Waals surface area contributed by atoms with Crippen molar-refractivity contribution < 1.29 is 19.4 Å². The van der Waals surface area contributed by atoms with Gasteiger partial charge in [0, 0.05) is 18.7 Å². The molecule has 2 fully saturated rings. The molecule has 3 rings (SSSR count). The quantitative estimate of drug-likeness (QED) is 0.855. The summed E-state index contributed by atoms with van der Waals surface area (Å²) in [5, 5.41) is 13.5. The number of nitrogens with zero attached hydrogens (tertiary/aromatic N) is 1. The summed E-state index contributed by atoms with van der Waals surface area (Å²) >= 11 is 1.62. The van der Waals surface area contributed by atoms with Gasteiger partial charge < -0.3 is 15.2 Å². The predicted octanol–water partition coefficient (Wildman–Crippen LogP) is 1.77. The van der Waals surface area contributed by atoms with E-state index in [0.29, 0.717) is 31.6 Å². The Balaban J connectivity index is 1.91. The molecule has 0 unspecified atom stereocenters. The van der Waals surface area contributed by atoms with Gasteiger partial charge in [-0.3, -0.25) is 9.69 Å². The van der Waals surface area contributed by atoms with Gasteiger partial charge in [0.25, 0.3) is 0 Å². The van der Waals surface area contributed by atoms with Crippen LogP contribution in [0.3, 0.4) is 0 Å². The van der Waals surface area contributed by atoms with Gasteiger partial charge in [-0.05, 0) is 18.4 Å². The summed E-state index contributed by atoms with van der Waals surface area (Å²) in [6.07, 6.45) is 0.645. The fourth-order valence-electron chi connectivity index (χ4n) is 3.61. The lowest BCUT2D eigenvalue weighted by molar-refractivity contribution is -0.122. The number of benzene rings is 1. The number of fused-ring (bicyclic) bond motifs is 2. The van der Waals surface area contributed by atoms with Crippen molar-refractivity contribution in [3.8, 4) is 0 Å². The molecule has 136 valence electrons. The number of nitrogens with one attached hydrogen (secondary N) is 1. The SMILES string of the molecule is COC(=O)N(Cc1ccccc1)[C@@H]1[C@H]2SC[C@@H]1NC(=O)CCC[C@@H]2O. The lowest BCUT2D eigenvalue weighted by atomic mass is 9.98. The zero-order chi connectivity index (χ0) is 17.8. The maximum Gasteiger partial charge on any atom is 0.410 e. The molecule has 0 radical (unpaired) electrons. The number of amides is 2. The molecule has 25 heavy (non-hydrogen) atoms. The van der Waals surface area contributed by atoms with Crippen molar-refractivity contribution in [2.45, 2.75) is 49.2 Å². The van der Waals surface area contributed by atoms with Crippen molar-refractivity contribution in [3.63, 3.8) is 0 Å². The van der Waals surface area contributed by atoms with Gasteiger partial charge in [0.15, 0.2) is 0 Å². The van der Waals surface area contributed by atoms with Gasteiger partial charge in [0.1, 0.15) is 0 Å². The number of carbonyl (C=O) groups is 2. The average molecular weight is 364 g/mol. The molecule has 0 saturated carbocycles. The first-order valence-corrected chi connectivity index (χ1v) is 9.62. The first-order valence-electron chi connectivity index (χ1n) is 8.57. The monoisotopic (exact) mass is 364 g/mol. The van der Waals surface area contributed by atoms with Crippen LogP contribution >= 0.6 is 11.8 Å². The summed E-state index contributed by atoms with van der Waals surface area (Å²) < 4.78 is 5.01. The number of rotatable bonds is 3. The first-order chi connectivity index (χ1) is 12.1. The second-order valence-corrected chi connectivity index (χ2v) is 7.72. The topological polar surface area (TPSA) is 78.9 Å². The van der Waals surface area contributed by atoms with Crippen LogP contribution in [0.4, 0.5) is 4.79 Å². The zero-order valence-corrected chi connectivity index (χ0v) is 15.1. The molecule has 4 atom stereocenters. The van der Waals surface area contributed by atoms with E-state index in [1.807, 2.05) is 30.3 Å². The fourth-order valence-corrected chi connectivity index (χ4v) is 5.21. The van der Waals surface area contributed by atoms with E-state index in [1.165, 1.54) is 7.11 Å². The highest BCUT2D eigenvalue weighted by molar-refractivity contribution is 8.00. The molecule has 2 aliphatic heterocycles. The van der Waals surface area contributed by atoms with Gasteiger partial charge in [-0.15, -0.1) is 0 Å². The van der Waals surface area contributed by atoms with Crippen molar-refractivity contribution in [1.82, 2.24) is 10.2 Å². The molecule has 1 aromatic rings. The minimum absolute atomic E-state index is 0.0186. The van der Waals surface area contributed by atoms with E-state index in [0.717, 1.165) is 5.56 Å². The van der Waals surface area contributed by atoms with Gasteiger partial charge in [0.05, 0.1) is 30.5 Å². The minimum atomic E-state index is -0.546. The van der Waals surface area contributed by atoms with E-state index in [4.69, 9.17) is 4.74 Å². The van der Waals surface area contributed by atoms with Crippen LogP contribution in [0.2, 0.25) is 0 Å². The fraction of sp³-hybridized carbons (Fsp3) is 0.556. The van der Waals surface area contributed by atoms with Gasteiger partial charge in [-0.1, -0.05) is 30.3 Å². The second-order valence-electron chi connectivity index (χ2n) is 6.51. The van der Waals surface area contributed by atoms with Gasteiger partial charge in [-0.2, -0.15) is 11.8 Å². The number of thioether (sulfide) groups is 1. The summed E-state index contributed by atoms with van der Waals surface area (Å²) in [6.45, 7) is 0.383. The largest absolute Gasteiger partial charge is 0.453 e. The van der Waals surface area contributed by atoms with E-state index in [-0.39, 0.29) is 23.2 Å². The Morgan fingerprint density at radius 2 is 2.16 bits per heavy atom. The van der Waals surface area contributed by atoms with Crippen LogP contribution < -0.4 is 5.32 Å². The summed E-state index contributed by atoms with van der Waals surface area (Å²) in [5.41, 5.74) is 0.984. The number of aliphatic hydroxyl groups is 1. The molecule has 2 N–H and O–H groups in total. The van der Waals surface area contributed by atoms with E-state index in [9.17, 15) is 14.7 Å². The normalized spacial score (nSPS) is 29.1. The third-order valence-corrected chi connectivity index (χ3v) is 6.34. The Morgan fingerprint density at radius 3 is 2.88 bits per heavy atom. The molecular weight excluding hydrogens is 340 g/mol. The molecule has 0 aliphatic carbocycles. The first kappa shape index (κ1) is 18.1. The Kier molecular flexibility index (Phi) is 5.86. The molecule has 1 aromatic carbocycles. The Labute approximate surface area is 151 Å². The van der Waals surface area contributed by atoms with Crippen molar-refractivity contribution in [2.24, 2.45) is 0 Å². The summed E-state index contributed by atoms with van der Waals surface area (Å²) in [5.74, 6) is 0.662. The smallest absolute Gasteiger partial charge is 0.410 e. The van der Waals surface area contributed by atoms with Crippen LogP contribution in [0.25, 0.3) is 0 Å². The third-order valence-electron chi connectivity index (χ3n) is 4.81. The van der Waals surface area contributed by atoms with Crippen molar-refractivity contribution in [2.75, 3.05) is 12.9 Å². The number of aliphatic hydroxyl groups excluding tert-OH is 1. The van der Waals surface area contributed by atoms with Gasteiger partial charge >= 0.3 is 6.09 Å². The lowest BCUT2D eigenvalue weighted by Gasteiger charge is -2.36. The Hall–Kier alpha value is -1.73. The highest BCUT2D eigenvalue weighted by atomic mass is 32.2. The van der Waals surface area contributed by atoms with E-state index < -0.39 is 12.2 Å². The van der Waals surface area contributed by atoms with Crippen LogP contribution in [-0.2, 0) is 16.1 Å². The van der Waals surface area contributed by atoms with Crippen LogP contribution in [0.15, 0.2) is 30.3 Å². The molecule has 2 saturated heterocycles. The zero-order valence-electron chi connectivity index (χ0n) is 14.3. The number of ether oxygens (including phenoxy) is 1.